The van der Waals surface area contributed by atoms with Crippen LogP contribution in [-0.4, -0.2) is 59.9 Å². The van der Waals surface area contributed by atoms with Crippen molar-refractivity contribution in [2.24, 2.45) is 0 Å². The van der Waals surface area contributed by atoms with E-state index in [4.69, 9.17) is 4.74 Å². The van der Waals surface area contributed by atoms with E-state index in [0.717, 1.165) is 12.1 Å². The van der Waals surface area contributed by atoms with Gasteiger partial charge in [0.2, 0.25) is 0 Å². The van der Waals surface area contributed by atoms with Crippen LogP contribution in [0, 0.1) is 0 Å². The molecule has 1 fully saturated rings. The SMILES string of the molecule is CC(C)(C)OC(=O)N1CCN(C(=O)c2ccc(OC(F)(F)F)cc2)CC1. The van der Waals surface area contributed by atoms with Gasteiger partial charge in [0.25, 0.3) is 5.91 Å². The third-order valence-corrected chi connectivity index (χ3v) is 3.55. The Morgan fingerprint density at radius 3 is 1.88 bits per heavy atom. The van der Waals surface area contributed by atoms with Gasteiger partial charge >= 0.3 is 12.5 Å². The zero-order chi connectivity index (χ0) is 19.5. The number of piperazine rings is 1. The molecule has 0 N–H and O–H groups in total. The van der Waals surface area contributed by atoms with Crippen molar-refractivity contribution >= 4 is 12.0 Å². The molecule has 1 aromatic rings. The lowest BCUT2D eigenvalue weighted by atomic mass is 10.1. The van der Waals surface area contributed by atoms with Crippen LogP contribution in [0.2, 0.25) is 0 Å². The second-order valence-corrected chi connectivity index (χ2v) is 6.83. The fourth-order valence-electron chi connectivity index (χ4n) is 2.40. The molecule has 2 amide bonds. The molecule has 2 rings (SSSR count). The van der Waals surface area contributed by atoms with Crippen molar-refractivity contribution in [2.75, 3.05) is 26.2 Å². The van der Waals surface area contributed by atoms with E-state index in [9.17, 15) is 22.8 Å². The van der Waals surface area contributed by atoms with Crippen LogP contribution in [0.3, 0.4) is 0 Å². The summed E-state index contributed by atoms with van der Waals surface area (Å²) in [5, 5.41) is 0. The van der Waals surface area contributed by atoms with E-state index in [-0.39, 0.29) is 17.2 Å². The fraction of sp³-hybridized carbons (Fsp3) is 0.529. The van der Waals surface area contributed by atoms with Crippen LogP contribution >= 0.6 is 0 Å². The summed E-state index contributed by atoms with van der Waals surface area (Å²) >= 11 is 0. The molecular formula is C17H21F3N2O4. The number of alkyl halides is 3. The highest BCUT2D eigenvalue weighted by Gasteiger charge is 2.31. The number of nitrogens with zero attached hydrogens (tertiary/aromatic N) is 2. The van der Waals surface area contributed by atoms with Gasteiger partial charge < -0.3 is 19.3 Å². The van der Waals surface area contributed by atoms with Crippen LogP contribution in [0.5, 0.6) is 5.75 Å². The largest absolute Gasteiger partial charge is 0.573 e. The van der Waals surface area contributed by atoms with Crippen LogP contribution < -0.4 is 4.74 Å². The maximum Gasteiger partial charge on any atom is 0.573 e. The van der Waals surface area contributed by atoms with Crippen LogP contribution in [-0.2, 0) is 4.74 Å². The first-order chi connectivity index (χ1) is 11.9. The second kappa shape index (κ2) is 7.43. The minimum absolute atomic E-state index is 0.255. The average Bonchev–Trinajstić information content (AvgIpc) is 2.52. The lowest BCUT2D eigenvalue weighted by Gasteiger charge is -2.35. The molecule has 0 aliphatic carbocycles. The molecule has 6 nitrogen and oxygen atoms in total. The minimum Gasteiger partial charge on any atom is -0.444 e. The number of amides is 2. The molecule has 0 aromatic heterocycles. The lowest BCUT2D eigenvalue weighted by Crippen LogP contribution is -2.51. The predicted molar refractivity (Wildman–Crippen MR) is 86.8 cm³/mol. The highest BCUT2D eigenvalue weighted by molar-refractivity contribution is 5.94. The Morgan fingerprint density at radius 2 is 1.42 bits per heavy atom. The van der Waals surface area contributed by atoms with Gasteiger partial charge in [-0.3, -0.25) is 4.79 Å². The molecule has 1 aromatic carbocycles. The number of hydrogen-bond donors (Lipinski definition) is 0. The molecular weight excluding hydrogens is 353 g/mol. The number of carbonyl (C=O) groups is 2. The molecule has 0 radical (unpaired) electrons. The summed E-state index contributed by atoms with van der Waals surface area (Å²) in [6.45, 7) is 6.62. The molecule has 26 heavy (non-hydrogen) atoms. The Labute approximate surface area is 149 Å². The molecule has 0 atom stereocenters. The Bertz CT molecular complexity index is 645. The summed E-state index contributed by atoms with van der Waals surface area (Å²) in [5.74, 6) is -0.698. The van der Waals surface area contributed by atoms with Gasteiger partial charge in [-0.15, -0.1) is 13.2 Å². The summed E-state index contributed by atoms with van der Waals surface area (Å²) in [6, 6.07) is 4.75. The average molecular weight is 374 g/mol. The first-order valence-corrected chi connectivity index (χ1v) is 8.08. The van der Waals surface area contributed by atoms with Crippen molar-refractivity contribution in [1.29, 1.82) is 0 Å². The molecule has 0 spiro atoms. The van der Waals surface area contributed by atoms with E-state index in [2.05, 4.69) is 4.74 Å². The zero-order valence-electron chi connectivity index (χ0n) is 14.8. The van der Waals surface area contributed by atoms with Gasteiger partial charge in [-0.2, -0.15) is 0 Å². The number of halogens is 3. The number of hydrogen-bond acceptors (Lipinski definition) is 4. The fourth-order valence-corrected chi connectivity index (χ4v) is 2.40. The maximum absolute atomic E-state index is 12.4. The summed E-state index contributed by atoms with van der Waals surface area (Å²) in [4.78, 5) is 27.5. The number of carbonyl (C=O) groups excluding carboxylic acids is 2. The minimum atomic E-state index is -4.77. The van der Waals surface area contributed by atoms with Crippen molar-refractivity contribution in [3.05, 3.63) is 29.8 Å². The summed E-state index contributed by atoms with van der Waals surface area (Å²) in [7, 11) is 0. The van der Waals surface area contributed by atoms with Gasteiger partial charge in [0, 0.05) is 31.7 Å². The molecule has 1 aliphatic rings. The first kappa shape index (κ1) is 19.9. The van der Waals surface area contributed by atoms with Gasteiger partial charge in [0.1, 0.15) is 11.4 Å². The molecule has 1 saturated heterocycles. The van der Waals surface area contributed by atoms with Crippen LogP contribution in [0.25, 0.3) is 0 Å². The topological polar surface area (TPSA) is 59.1 Å². The predicted octanol–water partition coefficient (Wildman–Crippen LogP) is 3.28. The zero-order valence-corrected chi connectivity index (χ0v) is 14.8. The van der Waals surface area contributed by atoms with Crippen molar-refractivity contribution in [3.8, 4) is 5.75 Å². The van der Waals surface area contributed by atoms with Crippen LogP contribution in [0.4, 0.5) is 18.0 Å². The van der Waals surface area contributed by atoms with Crippen molar-refractivity contribution in [2.45, 2.75) is 32.7 Å². The Balaban J connectivity index is 1.91. The van der Waals surface area contributed by atoms with Crippen molar-refractivity contribution in [3.63, 3.8) is 0 Å². The molecule has 1 aliphatic heterocycles. The van der Waals surface area contributed by atoms with Crippen LogP contribution in [0.15, 0.2) is 24.3 Å². The van der Waals surface area contributed by atoms with Crippen molar-refractivity contribution in [1.82, 2.24) is 9.80 Å². The highest BCUT2D eigenvalue weighted by Crippen LogP contribution is 2.23. The molecule has 0 unspecified atom stereocenters. The second-order valence-electron chi connectivity index (χ2n) is 6.83. The molecule has 0 bridgehead atoms. The Kier molecular flexibility index (Phi) is 5.68. The van der Waals surface area contributed by atoms with Gasteiger partial charge in [-0.05, 0) is 45.0 Å². The first-order valence-electron chi connectivity index (χ1n) is 8.08. The highest BCUT2D eigenvalue weighted by atomic mass is 19.4. The van der Waals surface area contributed by atoms with Crippen molar-refractivity contribution < 1.29 is 32.2 Å². The monoisotopic (exact) mass is 374 g/mol. The molecule has 144 valence electrons. The number of ether oxygens (including phenoxy) is 2. The van der Waals surface area contributed by atoms with Gasteiger partial charge in [-0.1, -0.05) is 0 Å². The number of rotatable bonds is 2. The van der Waals surface area contributed by atoms with Crippen LogP contribution in [0.1, 0.15) is 31.1 Å². The summed E-state index contributed by atoms with van der Waals surface area (Å²) in [5.41, 5.74) is -0.338. The lowest BCUT2D eigenvalue weighted by molar-refractivity contribution is -0.274. The molecule has 9 heteroatoms. The van der Waals surface area contributed by atoms with E-state index in [1.165, 1.54) is 17.0 Å². The smallest absolute Gasteiger partial charge is 0.444 e. The van der Waals surface area contributed by atoms with E-state index in [0.29, 0.717) is 26.2 Å². The van der Waals surface area contributed by atoms with E-state index in [1.54, 1.807) is 25.7 Å². The van der Waals surface area contributed by atoms with E-state index >= 15 is 0 Å². The number of benzene rings is 1. The quantitative estimate of drug-likeness (QED) is 0.797. The third-order valence-electron chi connectivity index (χ3n) is 3.55. The maximum atomic E-state index is 12.4. The summed E-state index contributed by atoms with van der Waals surface area (Å²) < 4.78 is 45.5. The van der Waals surface area contributed by atoms with E-state index < -0.39 is 18.1 Å². The van der Waals surface area contributed by atoms with Gasteiger partial charge in [0.15, 0.2) is 0 Å². The van der Waals surface area contributed by atoms with Gasteiger partial charge in [-0.25, -0.2) is 4.79 Å². The Hall–Kier alpha value is -2.45. The Morgan fingerprint density at radius 1 is 0.923 bits per heavy atom. The standard InChI is InChI=1S/C17H21F3N2O4/c1-16(2,3)26-15(24)22-10-8-21(9-11-22)14(23)12-4-6-13(7-5-12)25-17(18,19)20/h4-7H,8-11H2,1-3H3. The molecule has 0 saturated carbocycles. The van der Waals surface area contributed by atoms with Gasteiger partial charge in [0.05, 0.1) is 0 Å². The summed E-state index contributed by atoms with van der Waals surface area (Å²) in [6.07, 6.45) is -5.21. The third kappa shape index (κ3) is 5.82. The van der Waals surface area contributed by atoms with E-state index in [1.807, 2.05) is 0 Å². The molecule has 1 heterocycles. The normalized spacial score (nSPS) is 15.6.